The van der Waals surface area contributed by atoms with Crippen molar-refractivity contribution in [2.24, 2.45) is 17.4 Å². The van der Waals surface area contributed by atoms with Crippen molar-refractivity contribution in [2.75, 3.05) is 6.54 Å². The van der Waals surface area contributed by atoms with Crippen LogP contribution in [0.15, 0.2) is 0 Å². The molecule has 0 aliphatic heterocycles. The molecular weight excluding hydrogens is 180 g/mol. The molecule has 2 unspecified atom stereocenters. The summed E-state index contributed by atoms with van der Waals surface area (Å²) in [6.45, 7) is 7.01. The molecule has 0 aliphatic rings. The van der Waals surface area contributed by atoms with Gasteiger partial charge in [0, 0.05) is 12.0 Å². The highest BCUT2D eigenvalue weighted by Gasteiger charge is 2.30. The van der Waals surface area contributed by atoms with Crippen LogP contribution in [0.1, 0.15) is 33.6 Å². The average Bonchev–Trinajstić information content (AvgIpc) is 2.04. The first-order chi connectivity index (χ1) is 5.95. The van der Waals surface area contributed by atoms with E-state index in [4.69, 9.17) is 15.9 Å². The Hall–Kier alpha value is 0.0969. The molecule has 0 bridgehead atoms. The Balaban J connectivity index is 4.23. The fraction of sp³-hybridized carbons (Fsp3) is 1.00. The van der Waals surface area contributed by atoms with Crippen molar-refractivity contribution in [2.45, 2.75) is 45.3 Å². The van der Waals surface area contributed by atoms with Gasteiger partial charge >= 0.3 is 0 Å². The van der Waals surface area contributed by atoms with Gasteiger partial charge in [0.2, 0.25) is 0 Å². The normalized spacial score (nSPS) is 17.3. The van der Waals surface area contributed by atoms with Crippen LogP contribution in [0.5, 0.6) is 0 Å². The first-order valence-corrected chi connectivity index (χ1v) is 5.78. The molecule has 0 aromatic heterocycles. The molecule has 0 radical (unpaired) electrons. The van der Waals surface area contributed by atoms with Gasteiger partial charge in [0.05, 0.1) is 5.60 Å². The predicted octanol–water partition coefficient (Wildman–Crippen LogP) is -0.236. The molecule has 0 aromatic rings. The molecule has 0 aromatic carbocycles. The van der Waals surface area contributed by atoms with Crippen molar-refractivity contribution in [3.63, 3.8) is 0 Å². The molecule has 0 saturated heterocycles. The smallest absolute Gasteiger partial charge is 0.146 e. The molecule has 0 fully saturated rings. The monoisotopic (exact) mass is 204 g/mol. The molecule has 0 amide bonds. The minimum absolute atomic E-state index is 0.0877. The van der Waals surface area contributed by atoms with Crippen molar-refractivity contribution in [3.05, 3.63) is 0 Å². The summed E-state index contributed by atoms with van der Waals surface area (Å²) in [4.78, 5) is 0. The molecule has 4 heteroatoms. The van der Waals surface area contributed by atoms with E-state index in [1.807, 2.05) is 6.92 Å². The molecule has 0 spiro atoms. The van der Waals surface area contributed by atoms with Crippen molar-refractivity contribution in [1.29, 1.82) is 0 Å². The van der Waals surface area contributed by atoms with E-state index in [0.29, 0.717) is 5.92 Å². The van der Waals surface area contributed by atoms with Gasteiger partial charge in [0.25, 0.3) is 0 Å². The van der Waals surface area contributed by atoms with Crippen LogP contribution in [0.3, 0.4) is 0 Å². The van der Waals surface area contributed by atoms with E-state index in [1.54, 1.807) is 0 Å². The zero-order valence-corrected chi connectivity index (χ0v) is 11.3. The quantitative estimate of drug-likeness (QED) is 0.587. The Kier molecular flexibility index (Phi) is 5.79. The standard InChI is InChI=1S/C9H24N2OSi/c1-7(11)8(5-4-6-10)9(2,3)12-13/h7-8H,4-6,10-11H2,1-3,13H3. The summed E-state index contributed by atoms with van der Waals surface area (Å²) in [5.41, 5.74) is 11.3. The SMILES string of the molecule is CC(N)C(CCCN)C(C)(C)O[SiH3]. The summed E-state index contributed by atoms with van der Waals surface area (Å²) >= 11 is 0. The summed E-state index contributed by atoms with van der Waals surface area (Å²) in [6.07, 6.45) is 2.09. The lowest BCUT2D eigenvalue weighted by Crippen LogP contribution is -2.44. The molecule has 0 saturated carbocycles. The van der Waals surface area contributed by atoms with Gasteiger partial charge in [0.1, 0.15) is 10.5 Å². The zero-order valence-electron chi connectivity index (χ0n) is 9.34. The largest absolute Gasteiger partial charge is 0.423 e. The summed E-state index contributed by atoms with van der Waals surface area (Å²) in [6, 6.07) is 0.176. The fourth-order valence-electron chi connectivity index (χ4n) is 1.73. The maximum Gasteiger partial charge on any atom is 0.146 e. The van der Waals surface area contributed by atoms with Crippen LogP contribution in [0.25, 0.3) is 0 Å². The van der Waals surface area contributed by atoms with Gasteiger partial charge in [-0.15, -0.1) is 0 Å². The van der Waals surface area contributed by atoms with Crippen LogP contribution in [-0.4, -0.2) is 28.7 Å². The number of rotatable bonds is 6. The Labute approximate surface area is 84.7 Å². The van der Waals surface area contributed by atoms with Crippen LogP contribution in [0.4, 0.5) is 0 Å². The van der Waals surface area contributed by atoms with E-state index in [1.165, 1.54) is 0 Å². The van der Waals surface area contributed by atoms with Crippen molar-refractivity contribution >= 4 is 10.5 Å². The Morgan fingerprint density at radius 1 is 1.46 bits per heavy atom. The highest BCUT2D eigenvalue weighted by atomic mass is 28.2. The lowest BCUT2D eigenvalue weighted by molar-refractivity contribution is 0.0369. The second-order valence-electron chi connectivity index (χ2n) is 4.20. The molecule has 13 heavy (non-hydrogen) atoms. The van der Waals surface area contributed by atoms with E-state index < -0.39 is 0 Å². The first kappa shape index (κ1) is 13.1. The molecule has 0 heterocycles. The molecule has 3 nitrogen and oxygen atoms in total. The second kappa shape index (κ2) is 5.75. The van der Waals surface area contributed by atoms with Gasteiger partial charge in [-0.1, -0.05) is 0 Å². The van der Waals surface area contributed by atoms with E-state index in [-0.39, 0.29) is 11.6 Å². The molecular formula is C9H24N2OSi. The third kappa shape index (κ3) is 4.22. The van der Waals surface area contributed by atoms with E-state index in [0.717, 1.165) is 29.9 Å². The lowest BCUT2D eigenvalue weighted by atomic mass is 9.82. The first-order valence-electron chi connectivity index (χ1n) is 4.96. The van der Waals surface area contributed by atoms with Crippen LogP contribution in [0, 0.1) is 5.92 Å². The number of hydrogen-bond donors (Lipinski definition) is 2. The minimum atomic E-state index is -0.0877. The molecule has 0 rings (SSSR count). The minimum Gasteiger partial charge on any atom is -0.423 e. The van der Waals surface area contributed by atoms with E-state index in [2.05, 4.69) is 13.8 Å². The van der Waals surface area contributed by atoms with Crippen LogP contribution >= 0.6 is 0 Å². The Morgan fingerprint density at radius 2 is 2.00 bits per heavy atom. The van der Waals surface area contributed by atoms with Gasteiger partial charge < -0.3 is 15.9 Å². The maximum atomic E-state index is 5.93. The lowest BCUT2D eigenvalue weighted by Gasteiger charge is -2.36. The second-order valence-corrected chi connectivity index (χ2v) is 4.61. The summed E-state index contributed by atoms with van der Waals surface area (Å²) in [5, 5.41) is 0. The van der Waals surface area contributed by atoms with E-state index in [9.17, 15) is 0 Å². The van der Waals surface area contributed by atoms with Gasteiger partial charge in [-0.25, -0.2) is 0 Å². The van der Waals surface area contributed by atoms with Crippen LogP contribution in [0.2, 0.25) is 0 Å². The molecule has 4 N–H and O–H groups in total. The summed E-state index contributed by atoms with van der Waals surface area (Å²) < 4.78 is 5.58. The Bertz CT molecular complexity index is 140. The summed E-state index contributed by atoms with van der Waals surface area (Å²) in [7, 11) is 0.763. The highest BCUT2D eigenvalue weighted by molar-refractivity contribution is 5.98. The van der Waals surface area contributed by atoms with Crippen molar-refractivity contribution in [1.82, 2.24) is 0 Å². The van der Waals surface area contributed by atoms with Gasteiger partial charge in [-0.3, -0.25) is 0 Å². The van der Waals surface area contributed by atoms with Crippen LogP contribution in [-0.2, 0) is 4.43 Å². The Morgan fingerprint density at radius 3 is 2.31 bits per heavy atom. The molecule has 0 aliphatic carbocycles. The third-order valence-corrected chi connectivity index (χ3v) is 3.83. The average molecular weight is 204 g/mol. The van der Waals surface area contributed by atoms with Gasteiger partial charge in [0.15, 0.2) is 0 Å². The topological polar surface area (TPSA) is 61.3 Å². The maximum absolute atomic E-state index is 5.93. The molecule has 80 valence electrons. The molecule has 2 atom stereocenters. The van der Waals surface area contributed by atoms with Crippen LogP contribution < -0.4 is 11.5 Å². The fourth-order valence-corrected chi connectivity index (χ4v) is 2.04. The number of hydrogen-bond acceptors (Lipinski definition) is 3. The van der Waals surface area contributed by atoms with Gasteiger partial charge in [-0.05, 0) is 40.2 Å². The van der Waals surface area contributed by atoms with Gasteiger partial charge in [-0.2, -0.15) is 0 Å². The predicted molar refractivity (Wildman–Crippen MR) is 60.5 cm³/mol. The van der Waals surface area contributed by atoms with Crippen molar-refractivity contribution in [3.8, 4) is 0 Å². The van der Waals surface area contributed by atoms with Crippen molar-refractivity contribution < 1.29 is 4.43 Å². The zero-order chi connectivity index (χ0) is 10.5. The third-order valence-electron chi connectivity index (χ3n) is 2.77. The number of nitrogens with two attached hydrogens (primary N) is 2. The van der Waals surface area contributed by atoms with E-state index >= 15 is 0 Å². The highest BCUT2D eigenvalue weighted by Crippen LogP contribution is 2.26. The summed E-state index contributed by atoms with van der Waals surface area (Å²) in [5.74, 6) is 0.411.